The van der Waals surface area contributed by atoms with Gasteiger partial charge in [-0.3, -0.25) is 0 Å². The van der Waals surface area contributed by atoms with Gasteiger partial charge < -0.3 is 24.6 Å². The van der Waals surface area contributed by atoms with Crippen molar-refractivity contribution in [2.45, 2.75) is 82.6 Å². The Kier molecular flexibility index (Phi) is 6.79. The molecule has 1 heterocycles. The van der Waals surface area contributed by atoms with Gasteiger partial charge in [-0.25, -0.2) is 4.79 Å². The number of carboxylic acids is 1. The van der Waals surface area contributed by atoms with E-state index in [0.717, 1.165) is 59.4 Å². The number of benzene rings is 2. The van der Waals surface area contributed by atoms with E-state index >= 15 is 0 Å². The van der Waals surface area contributed by atoms with E-state index < -0.39 is 11.5 Å². The van der Waals surface area contributed by atoms with Crippen LogP contribution >= 0.6 is 0 Å². The van der Waals surface area contributed by atoms with Crippen molar-refractivity contribution >= 4 is 11.7 Å². The Bertz CT molecular complexity index is 1020. The van der Waals surface area contributed by atoms with Crippen molar-refractivity contribution in [1.82, 2.24) is 0 Å². The lowest BCUT2D eigenvalue weighted by Gasteiger charge is -2.35. The highest BCUT2D eigenvalue weighted by Gasteiger charge is 2.40. The minimum Gasteiger partial charge on any atom is -0.490 e. The Hall–Kier alpha value is -2.57. The van der Waals surface area contributed by atoms with E-state index in [9.17, 15) is 9.90 Å². The summed E-state index contributed by atoms with van der Waals surface area (Å²) in [5.74, 6) is 0.112. The maximum Gasteiger partial charge on any atom is 0.329 e. The van der Waals surface area contributed by atoms with Gasteiger partial charge in [0.2, 0.25) is 0 Å². The molecule has 0 spiro atoms. The first-order valence-electron chi connectivity index (χ1n) is 12.6. The molecule has 2 aromatic rings. The van der Waals surface area contributed by atoms with Crippen LogP contribution in [0.15, 0.2) is 36.4 Å². The Morgan fingerprint density at radius 3 is 2.53 bits per heavy atom. The molecular formula is C28H35NO5. The topological polar surface area (TPSA) is 77.0 Å². The lowest BCUT2D eigenvalue weighted by Crippen LogP contribution is -2.50. The van der Waals surface area contributed by atoms with Crippen LogP contribution in [0.5, 0.6) is 5.75 Å². The third kappa shape index (κ3) is 5.08. The first-order valence-corrected chi connectivity index (χ1v) is 12.6. The number of rotatable bonds is 9. The smallest absolute Gasteiger partial charge is 0.329 e. The summed E-state index contributed by atoms with van der Waals surface area (Å²) in [4.78, 5) is 12.2. The van der Waals surface area contributed by atoms with E-state index in [-0.39, 0.29) is 0 Å². The Balaban J connectivity index is 1.46. The molecule has 182 valence electrons. The molecule has 3 aliphatic rings. The summed E-state index contributed by atoms with van der Waals surface area (Å²) >= 11 is 0. The van der Waals surface area contributed by atoms with E-state index in [1.54, 1.807) is 0 Å². The average molecular weight is 466 g/mol. The highest BCUT2D eigenvalue weighted by Crippen LogP contribution is 2.37. The zero-order valence-electron chi connectivity index (χ0n) is 20.0. The zero-order chi connectivity index (χ0) is 23.5. The molecular weight excluding hydrogens is 430 g/mol. The van der Waals surface area contributed by atoms with E-state index in [2.05, 4.69) is 36.5 Å². The minimum absolute atomic E-state index is 0.302. The molecule has 0 atom stereocenters. The van der Waals surface area contributed by atoms with Crippen molar-refractivity contribution in [1.29, 1.82) is 0 Å². The molecule has 5 rings (SSSR count). The molecule has 0 amide bonds. The molecule has 2 N–H and O–H groups in total. The lowest BCUT2D eigenvalue weighted by atomic mass is 9.89. The summed E-state index contributed by atoms with van der Waals surface area (Å²) in [5, 5.41) is 13.3. The molecule has 3 fully saturated rings. The van der Waals surface area contributed by atoms with E-state index in [1.807, 2.05) is 12.1 Å². The summed E-state index contributed by atoms with van der Waals surface area (Å²) in [6.07, 6.45) is 8.45. The van der Waals surface area contributed by atoms with Crippen LogP contribution in [0.2, 0.25) is 0 Å². The second kappa shape index (κ2) is 9.96. The van der Waals surface area contributed by atoms with Gasteiger partial charge in [-0.15, -0.1) is 0 Å². The van der Waals surface area contributed by atoms with Crippen LogP contribution in [0, 0.1) is 6.92 Å². The highest BCUT2D eigenvalue weighted by molar-refractivity contribution is 5.83. The Morgan fingerprint density at radius 2 is 1.82 bits per heavy atom. The van der Waals surface area contributed by atoms with Crippen molar-refractivity contribution in [3.8, 4) is 16.9 Å². The number of hydrogen-bond acceptors (Lipinski definition) is 5. The quantitative estimate of drug-likeness (QED) is 0.494. The van der Waals surface area contributed by atoms with E-state index in [1.165, 1.54) is 12.8 Å². The van der Waals surface area contributed by atoms with Crippen molar-refractivity contribution in [2.75, 3.05) is 18.5 Å². The number of aliphatic carboxylic acids is 1. The number of carboxylic acid groups (broad SMARTS) is 1. The predicted molar refractivity (Wildman–Crippen MR) is 131 cm³/mol. The van der Waals surface area contributed by atoms with Gasteiger partial charge in [0, 0.05) is 31.7 Å². The van der Waals surface area contributed by atoms with Crippen molar-refractivity contribution in [3.05, 3.63) is 47.5 Å². The van der Waals surface area contributed by atoms with Crippen molar-refractivity contribution in [2.24, 2.45) is 0 Å². The molecule has 2 saturated carbocycles. The molecule has 2 aromatic carbocycles. The van der Waals surface area contributed by atoms with Crippen LogP contribution < -0.4 is 10.1 Å². The summed E-state index contributed by atoms with van der Waals surface area (Å²) in [5.41, 5.74) is 4.24. The van der Waals surface area contributed by atoms with Gasteiger partial charge in [0.05, 0.1) is 18.8 Å². The first kappa shape index (κ1) is 23.2. The van der Waals surface area contributed by atoms with Crippen LogP contribution in [-0.4, -0.2) is 42.0 Å². The first-order chi connectivity index (χ1) is 16.5. The molecule has 0 bridgehead atoms. The fraction of sp³-hybridized carbons (Fsp3) is 0.536. The molecule has 6 heteroatoms. The fourth-order valence-corrected chi connectivity index (χ4v) is 5.10. The summed E-state index contributed by atoms with van der Waals surface area (Å²) < 4.78 is 17.9. The minimum atomic E-state index is -1.00. The normalized spacial score (nSPS) is 20.3. The maximum absolute atomic E-state index is 12.2. The van der Waals surface area contributed by atoms with Gasteiger partial charge in [0.1, 0.15) is 11.3 Å². The summed E-state index contributed by atoms with van der Waals surface area (Å²) in [7, 11) is 0. The second-order valence-corrected chi connectivity index (χ2v) is 9.96. The zero-order valence-corrected chi connectivity index (χ0v) is 20.0. The maximum atomic E-state index is 12.2. The molecule has 0 radical (unpaired) electrons. The van der Waals surface area contributed by atoms with E-state index in [0.29, 0.717) is 44.9 Å². The number of anilines is 1. The molecule has 34 heavy (non-hydrogen) atoms. The van der Waals surface area contributed by atoms with Gasteiger partial charge in [-0.1, -0.05) is 31.0 Å². The van der Waals surface area contributed by atoms with Crippen molar-refractivity contribution < 1.29 is 24.1 Å². The molecule has 2 aliphatic carbocycles. The molecule has 6 nitrogen and oxygen atoms in total. The van der Waals surface area contributed by atoms with Gasteiger partial charge in [-0.2, -0.15) is 0 Å². The Morgan fingerprint density at radius 1 is 1.06 bits per heavy atom. The van der Waals surface area contributed by atoms with Crippen LogP contribution in [0.3, 0.4) is 0 Å². The standard InChI is InChI=1S/C28H35NO5/c1-19-24(7-4-8-26(19)34-23-10-11-23)25-12-9-21(17-20(25)18-33-22-5-2-3-6-22)29-28(27(30)31)13-15-32-16-14-28/h4,7-9,12,17,22-23,29H,2-3,5-6,10-11,13-16,18H2,1H3,(H,30,31). The monoisotopic (exact) mass is 465 g/mol. The predicted octanol–water partition coefficient (Wildman–Crippen LogP) is 5.71. The number of hydrogen-bond donors (Lipinski definition) is 2. The Labute approximate surface area is 201 Å². The number of nitrogens with one attached hydrogen (secondary N) is 1. The van der Waals surface area contributed by atoms with Crippen LogP contribution in [0.25, 0.3) is 11.1 Å². The molecule has 0 aromatic heterocycles. The molecule has 1 saturated heterocycles. The van der Waals surface area contributed by atoms with E-state index in [4.69, 9.17) is 14.2 Å². The van der Waals surface area contributed by atoms with Crippen LogP contribution in [0.4, 0.5) is 5.69 Å². The van der Waals surface area contributed by atoms with Gasteiger partial charge in [0.15, 0.2) is 0 Å². The van der Waals surface area contributed by atoms with Crippen LogP contribution in [-0.2, 0) is 20.9 Å². The second-order valence-electron chi connectivity index (χ2n) is 9.96. The molecule has 0 unspecified atom stereocenters. The fourth-order valence-electron chi connectivity index (χ4n) is 5.10. The van der Waals surface area contributed by atoms with Crippen molar-refractivity contribution in [3.63, 3.8) is 0 Å². The summed E-state index contributed by atoms with van der Waals surface area (Å²) in [6.45, 7) is 3.51. The average Bonchev–Trinajstić information content (AvgIpc) is 3.50. The van der Waals surface area contributed by atoms with Crippen LogP contribution in [0.1, 0.15) is 62.5 Å². The summed E-state index contributed by atoms with van der Waals surface area (Å²) in [6, 6.07) is 12.4. The van der Waals surface area contributed by atoms with Gasteiger partial charge in [-0.05, 0) is 73.1 Å². The number of ether oxygens (including phenoxy) is 3. The number of carbonyl (C=O) groups is 1. The SMILES string of the molecule is Cc1c(OC2CC2)cccc1-c1ccc(NC2(C(=O)O)CCOCC2)cc1COC1CCCC1. The highest BCUT2D eigenvalue weighted by atomic mass is 16.5. The third-order valence-electron chi connectivity index (χ3n) is 7.41. The van der Waals surface area contributed by atoms with Gasteiger partial charge in [0.25, 0.3) is 0 Å². The van der Waals surface area contributed by atoms with Gasteiger partial charge >= 0.3 is 5.97 Å². The lowest BCUT2D eigenvalue weighted by molar-refractivity contribution is -0.145. The third-order valence-corrected chi connectivity index (χ3v) is 7.41. The molecule has 1 aliphatic heterocycles. The largest absolute Gasteiger partial charge is 0.490 e.